The highest BCUT2D eigenvalue weighted by Crippen LogP contribution is 2.21. The van der Waals surface area contributed by atoms with Gasteiger partial charge in [-0.3, -0.25) is 9.48 Å². The SMILES string of the molecule is Cn1cc(C=CC(=O)NC(c2cccc(F)c2)c2nccn2C)cn1. The number of aromatic nitrogens is 4. The van der Waals surface area contributed by atoms with Gasteiger partial charge in [-0.2, -0.15) is 5.10 Å². The predicted molar refractivity (Wildman–Crippen MR) is 91.8 cm³/mol. The topological polar surface area (TPSA) is 64.7 Å². The fourth-order valence-electron chi connectivity index (χ4n) is 2.53. The van der Waals surface area contributed by atoms with Crippen LogP contribution >= 0.6 is 0 Å². The Morgan fingerprint density at radius 3 is 2.84 bits per heavy atom. The Labute approximate surface area is 144 Å². The predicted octanol–water partition coefficient (Wildman–Crippen LogP) is 2.21. The zero-order valence-electron chi connectivity index (χ0n) is 13.9. The minimum Gasteiger partial charge on any atom is -0.339 e. The van der Waals surface area contributed by atoms with Crippen molar-refractivity contribution in [1.82, 2.24) is 24.6 Å². The number of carbonyl (C=O) groups is 1. The van der Waals surface area contributed by atoms with Crippen LogP contribution in [0.4, 0.5) is 4.39 Å². The number of nitrogens with one attached hydrogen (secondary N) is 1. The molecule has 2 aromatic heterocycles. The van der Waals surface area contributed by atoms with E-state index in [-0.39, 0.29) is 11.7 Å². The van der Waals surface area contributed by atoms with E-state index in [0.717, 1.165) is 5.56 Å². The molecular formula is C18H18FN5O. The van der Waals surface area contributed by atoms with Gasteiger partial charge in [0.15, 0.2) is 0 Å². The summed E-state index contributed by atoms with van der Waals surface area (Å²) in [7, 11) is 3.63. The Bertz CT molecular complexity index is 912. The van der Waals surface area contributed by atoms with Crippen LogP contribution in [-0.2, 0) is 18.9 Å². The van der Waals surface area contributed by atoms with Crippen LogP contribution in [0.1, 0.15) is 23.0 Å². The first-order valence-electron chi connectivity index (χ1n) is 7.73. The number of aryl methyl sites for hydroxylation is 2. The number of halogens is 1. The summed E-state index contributed by atoms with van der Waals surface area (Å²) in [5.74, 6) is -0.0493. The Morgan fingerprint density at radius 2 is 2.20 bits per heavy atom. The quantitative estimate of drug-likeness (QED) is 0.725. The lowest BCUT2D eigenvalue weighted by Crippen LogP contribution is -2.29. The smallest absolute Gasteiger partial charge is 0.244 e. The van der Waals surface area contributed by atoms with Gasteiger partial charge < -0.3 is 9.88 Å². The van der Waals surface area contributed by atoms with Crippen LogP contribution in [0.25, 0.3) is 6.08 Å². The van der Waals surface area contributed by atoms with Crippen molar-refractivity contribution in [2.24, 2.45) is 14.1 Å². The van der Waals surface area contributed by atoms with E-state index in [4.69, 9.17) is 0 Å². The van der Waals surface area contributed by atoms with Crippen LogP contribution < -0.4 is 5.32 Å². The number of nitrogens with zero attached hydrogens (tertiary/aromatic N) is 4. The maximum absolute atomic E-state index is 13.6. The summed E-state index contributed by atoms with van der Waals surface area (Å²) in [5.41, 5.74) is 1.44. The van der Waals surface area contributed by atoms with E-state index in [0.29, 0.717) is 11.4 Å². The second kappa shape index (κ2) is 7.12. The molecule has 0 aliphatic heterocycles. The highest BCUT2D eigenvalue weighted by molar-refractivity contribution is 5.92. The average Bonchev–Trinajstić information content (AvgIpc) is 3.19. The van der Waals surface area contributed by atoms with Crippen LogP contribution in [0, 0.1) is 5.82 Å². The van der Waals surface area contributed by atoms with Crippen molar-refractivity contribution in [1.29, 1.82) is 0 Å². The van der Waals surface area contributed by atoms with Crippen LogP contribution in [0.15, 0.2) is 55.1 Å². The second-order valence-electron chi connectivity index (χ2n) is 5.67. The van der Waals surface area contributed by atoms with Crippen molar-refractivity contribution in [3.8, 4) is 0 Å². The number of hydrogen-bond acceptors (Lipinski definition) is 3. The van der Waals surface area contributed by atoms with Crippen molar-refractivity contribution < 1.29 is 9.18 Å². The molecule has 3 aromatic rings. The van der Waals surface area contributed by atoms with Gasteiger partial charge in [-0.1, -0.05) is 12.1 Å². The molecule has 1 amide bonds. The van der Waals surface area contributed by atoms with Gasteiger partial charge in [-0.05, 0) is 23.8 Å². The lowest BCUT2D eigenvalue weighted by Gasteiger charge is -2.18. The first-order chi connectivity index (χ1) is 12.0. The van der Waals surface area contributed by atoms with Crippen LogP contribution in [-0.4, -0.2) is 25.2 Å². The van der Waals surface area contributed by atoms with Gasteiger partial charge >= 0.3 is 0 Å². The van der Waals surface area contributed by atoms with E-state index < -0.39 is 6.04 Å². The highest BCUT2D eigenvalue weighted by Gasteiger charge is 2.20. The number of carbonyl (C=O) groups excluding carboxylic acids is 1. The Morgan fingerprint density at radius 1 is 1.36 bits per heavy atom. The normalized spacial score (nSPS) is 12.4. The molecule has 3 rings (SSSR count). The molecule has 1 unspecified atom stereocenters. The van der Waals surface area contributed by atoms with E-state index in [1.165, 1.54) is 18.2 Å². The molecule has 7 heteroatoms. The van der Waals surface area contributed by atoms with Gasteiger partial charge in [-0.25, -0.2) is 9.37 Å². The molecule has 0 radical (unpaired) electrons. The summed E-state index contributed by atoms with van der Waals surface area (Å²) in [5, 5.41) is 6.92. The molecule has 0 bridgehead atoms. The van der Waals surface area contributed by atoms with E-state index in [9.17, 15) is 9.18 Å². The number of imidazole rings is 1. The van der Waals surface area contributed by atoms with Gasteiger partial charge in [0.2, 0.25) is 5.91 Å². The Hall–Kier alpha value is -3.22. The van der Waals surface area contributed by atoms with Crippen LogP contribution in [0.2, 0.25) is 0 Å². The van der Waals surface area contributed by atoms with Crippen molar-refractivity contribution in [2.75, 3.05) is 0 Å². The number of benzene rings is 1. The largest absolute Gasteiger partial charge is 0.339 e. The fraction of sp³-hybridized carbons (Fsp3) is 0.167. The highest BCUT2D eigenvalue weighted by atomic mass is 19.1. The molecule has 0 aliphatic rings. The van der Waals surface area contributed by atoms with Crippen molar-refractivity contribution in [2.45, 2.75) is 6.04 Å². The Balaban J connectivity index is 1.84. The molecule has 0 saturated heterocycles. The molecule has 0 fully saturated rings. The van der Waals surface area contributed by atoms with Crippen molar-refractivity contribution in [3.63, 3.8) is 0 Å². The number of rotatable bonds is 5. The molecule has 1 N–H and O–H groups in total. The first kappa shape index (κ1) is 16.6. The average molecular weight is 339 g/mol. The first-order valence-corrected chi connectivity index (χ1v) is 7.73. The van der Waals surface area contributed by atoms with Crippen molar-refractivity contribution >= 4 is 12.0 Å². The van der Waals surface area contributed by atoms with Crippen molar-refractivity contribution in [3.05, 3.63) is 77.9 Å². The summed E-state index contributed by atoms with van der Waals surface area (Å²) in [6, 6.07) is 5.57. The standard InChI is InChI=1S/C18H18FN5O/c1-23-9-8-20-18(23)17(14-4-3-5-15(19)10-14)22-16(25)7-6-13-11-21-24(2)12-13/h3-12,17H,1-2H3,(H,22,25). The van der Waals surface area contributed by atoms with E-state index >= 15 is 0 Å². The zero-order chi connectivity index (χ0) is 17.8. The van der Waals surface area contributed by atoms with Gasteiger partial charge in [0, 0.05) is 44.3 Å². The third-order valence-corrected chi connectivity index (χ3v) is 3.74. The van der Waals surface area contributed by atoms with Crippen LogP contribution in [0.3, 0.4) is 0 Å². The van der Waals surface area contributed by atoms with Crippen LogP contribution in [0.5, 0.6) is 0 Å². The summed E-state index contributed by atoms with van der Waals surface area (Å²) >= 11 is 0. The monoisotopic (exact) mass is 339 g/mol. The molecule has 0 spiro atoms. The van der Waals surface area contributed by atoms with E-state index in [1.807, 2.05) is 7.05 Å². The summed E-state index contributed by atoms with van der Waals surface area (Å²) in [4.78, 5) is 16.6. The third kappa shape index (κ3) is 4.00. The van der Waals surface area contributed by atoms with Gasteiger partial charge in [0.05, 0.1) is 6.20 Å². The molecule has 25 heavy (non-hydrogen) atoms. The molecule has 2 heterocycles. The van der Waals surface area contributed by atoms with Gasteiger partial charge in [0.1, 0.15) is 17.7 Å². The summed E-state index contributed by atoms with van der Waals surface area (Å²) in [6.07, 6.45) is 9.97. The summed E-state index contributed by atoms with van der Waals surface area (Å²) < 4.78 is 17.1. The van der Waals surface area contributed by atoms with E-state index in [2.05, 4.69) is 15.4 Å². The maximum atomic E-state index is 13.6. The third-order valence-electron chi connectivity index (χ3n) is 3.74. The molecule has 0 aliphatic carbocycles. The minimum atomic E-state index is -0.554. The molecule has 1 aromatic carbocycles. The van der Waals surface area contributed by atoms with Gasteiger partial charge in [-0.15, -0.1) is 0 Å². The number of hydrogen-bond donors (Lipinski definition) is 1. The maximum Gasteiger partial charge on any atom is 0.244 e. The second-order valence-corrected chi connectivity index (χ2v) is 5.67. The minimum absolute atomic E-state index is 0.305. The lowest BCUT2D eigenvalue weighted by atomic mass is 10.1. The molecular weight excluding hydrogens is 321 g/mol. The molecule has 1 atom stereocenters. The fourth-order valence-corrected chi connectivity index (χ4v) is 2.53. The molecule has 0 saturated carbocycles. The zero-order valence-corrected chi connectivity index (χ0v) is 13.9. The number of amides is 1. The summed E-state index contributed by atoms with van der Waals surface area (Å²) in [6.45, 7) is 0. The lowest BCUT2D eigenvalue weighted by molar-refractivity contribution is -0.117. The van der Waals surface area contributed by atoms with Gasteiger partial charge in [0.25, 0.3) is 0 Å². The molecule has 6 nitrogen and oxygen atoms in total. The Kier molecular flexibility index (Phi) is 4.74. The van der Waals surface area contributed by atoms with E-state index in [1.54, 1.807) is 59.3 Å². The molecule has 128 valence electrons.